The molecule has 1 atom stereocenters. The van der Waals surface area contributed by atoms with Crippen LogP contribution in [-0.4, -0.2) is 36.8 Å². The lowest BCUT2D eigenvalue weighted by Crippen LogP contribution is -2.47. The maximum absolute atomic E-state index is 5.17. The van der Waals surface area contributed by atoms with E-state index in [4.69, 9.17) is 9.72 Å². The molecule has 0 aromatic carbocycles. The van der Waals surface area contributed by atoms with Crippen LogP contribution in [0, 0.1) is 0 Å². The molecule has 3 nitrogen and oxygen atoms in total. The number of hydrogen-bond acceptors (Lipinski definition) is 5. The highest BCUT2D eigenvalue weighted by Crippen LogP contribution is 2.37. The summed E-state index contributed by atoms with van der Waals surface area (Å²) < 4.78 is 5.17. The lowest BCUT2D eigenvalue weighted by molar-refractivity contribution is 0.184. The summed E-state index contributed by atoms with van der Waals surface area (Å²) in [6, 6.07) is 0. The Hall–Kier alpha value is -0.100. The van der Waals surface area contributed by atoms with Gasteiger partial charge in [0.1, 0.15) is 5.01 Å². The van der Waals surface area contributed by atoms with Crippen molar-refractivity contribution >= 4 is 23.1 Å². The van der Waals surface area contributed by atoms with Crippen molar-refractivity contribution in [3.63, 3.8) is 0 Å². The predicted octanol–water partition coefficient (Wildman–Crippen LogP) is 3.22. The molecule has 0 saturated carbocycles. The molecule has 1 aliphatic heterocycles. The molecule has 0 radical (unpaired) electrons. The summed E-state index contributed by atoms with van der Waals surface area (Å²) in [5, 5.41) is 7.19. The summed E-state index contributed by atoms with van der Waals surface area (Å²) in [7, 11) is 1.75. The van der Waals surface area contributed by atoms with Crippen molar-refractivity contribution in [3.8, 4) is 0 Å². The Morgan fingerprint density at radius 2 is 2.37 bits per heavy atom. The Balaban J connectivity index is 2.15. The normalized spacial score (nSPS) is 24.0. The first kappa shape index (κ1) is 15.3. The molecule has 0 bridgehead atoms. The van der Waals surface area contributed by atoms with Crippen LogP contribution in [0.15, 0.2) is 5.38 Å². The van der Waals surface area contributed by atoms with Gasteiger partial charge in [-0.2, -0.15) is 11.8 Å². The standard InChI is InChI=1S/C14H24N2OS2/c1-11(2)12-9-19-13(16-12)14(15-6-7-17-3)5-4-8-18-10-14/h9,11,15H,4-8,10H2,1-3H3. The number of hydrogen-bond donors (Lipinski definition) is 1. The number of ether oxygens (including phenoxy) is 1. The molecule has 2 heterocycles. The fraction of sp³-hybridized carbons (Fsp3) is 0.786. The first-order chi connectivity index (χ1) is 9.18. The zero-order valence-electron chi connectivity index (χ0n) is 12.1. The fourth-order valence-electron chi connectivity index (χ4n) is 2.34. The SMILES string of the molecule is COCCNC1(c2nc(C(C)C)cs2)CCCSC1. The second-order valence-corrected chi connectivity index (χ2v) is 7.35. The van der Waals surface area contributed by atoms with E-state index in [0.29, 0.717) is 5.92 Å². The number of thiazole rings is 1. The van der Waals surface area contributed by atoms with Gasteiger partial charge < -0.3 is 10.1 Å². The summed E-state index contributed by atoms with van der Waals surface area (Å²) in [5.41, 5.74) is 1.29. The summed E-state index contributed by atoms with van der Waals surface area (Å²) in [5.74, 6) is 2.91. The van der Waals surface area contributed by atoms with Crippen molar-refractivity contribution in [3.05, 3.63) is 16.1 Å². The second-order valence-electron chi connectivity index (χ2n) is 5.39. The molecule has 2 rings (SSSR count). The van der Waals surface area contributed by atoms with Gasteiger partial charge in [-0.1, -0.05) is 13.8 Å². The van der Waals surface area contributed by atoms with Crippen LogP contribution in [0.1, 0.15) is 43.3 Å². The lowest BCUT2D eigenvalue weighted by atomic mass is 9.96. The lowest BCUT2D eigenvalue weighted by Gasteiger charge is -2.36. The van der Waals surface area contributed by atoms with Crippen LogP contribution in [0.4, 0.5) is 0 Å². The van der Waals surface area contributed by atoms with Gasteiger partial charge in [-0.3, -0.25) is 0 Å². The van der Waals surface area contributed by atoms with Crippen molar-refractivity contribution < 1.29 is 4.74 Å². The molecule has 1 saturated heterocycles. The van der Waals surface area contributed by atoms with E-state index in [9.17, 15) is 0 Å². The van der Waals surface area contributed by atoms with Gasteiger partial charge in [0, 0.05) is 24.8 Å². The van der Waals surface area contributed by atoms with Gasteiger partial charge in [0.15, 0.2) is 0 Å². The topological polar surface area (TPSA) is 34.1 Å². The highest BCUT2D eigenvalue weighted by Gasteiger charge is 2.36. The smallest absolute Gasteiger partial charge is 0.114 e. The van der Waals surface area contributed by atoms with E-state index >= 15 is 0 Å². The van der Waals surface area contributed by atoms with Crippen molar-refractivity contribution in [1.29, 1.82) is 0 Å². The van der Waals surface area contributed by atoms with E-state index in [-0.39, 0.29) is 5.54 Å². The van der Waals surface area contributed by atoms with E-state index in [1.807, 2.05) is 23.1 Å². The highest BCUT2D eigenvalue weighted by atomic mass is 32.2. The Labute approximate surface area is 124 Å². The van der Waals surface area contributed by atoms with Gasteiger partial charge in [0.2, 0.25) is 0 Å². The molecule has 0 aliphatic carbocycles. The van der Waals surface area contributed by atoms with Gasteiger partial charge >= 0.3 is 0 Å². The van der Waals surface area contributed by atoms with Crippen molar-refractivity contribution in [2.24, 2.45) is 0 Å². The van der Waals surface area contributed by atoms with Gasteiger partial charge in [-0.05, 0) is 24.5 Å². The van der Waals surface area contributed by atoms with Crippen molar-refractivity contribution in [1.82, 2.24) is 10.3 Å². The van der Waals surface area contributed by atoms with E-state index in [0.717, 1.165) is 18.9 Å². The third kappa shape index (κ3) is 3.72. The van der Waals surface area contributed by atoms with Gasteiger partial charge in [0.25, 0.3) is 0 Å². The Kier molecular flexibility index (Phi) is 5.69. The van der Waals surface area contributed by atoms with Crippen LogP contribution >= 0.6 is 23.1 Å². The summed E-state index contributed by atoms with van der Waals surface area (Å²) in [6.45, 7) is 6.07. The maximum atomic E-state index is 5.17. The van der Waals surface area contributed by atoms with Gasteiger partial charge in [-0.15, -0.1) is 11.3 Å². The molecule has 19 heavy (non-hydrogen) atoms. The first-order valence-electron chi connectivity index (χ1n) is 6.95. The number of nitrogens with zero attached hydrogens (tertiary/aromatic N) is 1. The van der Waals surface area contributed by atoms with Crippen LogP contribution in [0.3, 0.4) is 0 Å². The quantitative estimate of drug-likeness (QED) is 0.818. The maximum Gasteiger partial charge on any atom is 0.114 e. The molecule has 108 valence electrons. The molecule has 1 N–H and O–H groups in total. The monoisotopic (exact) mass is 300 g/mol. The molecular formula is C14H24N2OS2. The van der Waals surface area contributed by atoms with Crippen LogP contribution in [0.25, 0.3) is 0 Å². The molecule has 0 amide bonds. The molecule has 1 unspecified atom stereocenters. The summed E-state index contributed by atoms with van der Waals surface area (Å²) in [6.07, 6.45) is 2.45. The summed E-state index contributed by atoms with van der Waals surface area (Å²) >= 11 is 3.85. The number of methoxy groups -OCH3 is 1. The molecule has 0 spiro atoms. The van der Waals surface area contributed by atoms with Crippen LogP contribution < -0.4 is 5.32 Å². The molecule has 1 aromatic rings. The minimum absolute atomic E-state index is 0.0687. The Morgan fingerprint density at radius 3 is 2.95 bits per heavy atom. The number of nitrogens with one attached hydrogen (secondary N) is 1. The molecule has 1 aliphatic rings. The van der Waals surface area contributed by atoms with E-state index in [1.165, 1.54) is 29.3 Å². The number of thioether (sulfide) groups is 1. The van der Waals surface area contributed by atoms with Crippen molar-refractivity contribution in [2.75, 3.05) is 31.8 Å². The Bertz CT molecular complexity index is 387. The van der Waals surface area contributed by atoms with Crippen LogP contribution in [-0.2, 0) is 10.3 Å². The van der Waals surface area contributed by atoms with E-state index in [1.54, 1.807) is 7.11 Å². The van der Waals surface area contributed by atoms with Crippen molar-refractivity contribution in [2.45, 2.75) is 38.1 Å². The average molecular weight is 300 g/mol. The predicted molar refractivity (Wildman–Crippen MR) is 84.3 cm³/mol. The largest absolute Gasteiger partial charge is 0.383 e. The highest BCUT2D eigenvalue weighted by molar-refractivity contribution is 7.99. The van der Waals surface area contributed by atoms with Gasteiger partial charge in [-0.25, -0.2) is 4.98 Å². The minimum atomic E-state index is 0.0687. The number of rotatable bonds is 6. The molecule has 1 aromatic heterocycles. The van der Waals surface area contributed by atoms with E-state index < -0.39 is 0 Å². The second kappa shape index (κ2) is 7.07. The van der Waals surface area contributed by atoms with Crippen LogP contribution in [0.5, 0.6) is 0 Å². The first-order valence-corrected chi connectivity index (χ1v) is 8.99. The zero-order valence-corrected chi connectivity index (χ0v) is 13.7. The van der Waals surface area contributed by atoms with Crippen LogP contribution in [0.2, 0.25) is 0 Å². The Morgan fingerprint density at radius 1 is 1.53 bits per heavy atom. The third-order valence-electron chi connectivity index (χ3n) is 3.53. The fourth-order valence-corrected chi connectivity index (χ4v) is 4.84. The van der Waals surface area contributed by atoms with E-state index in [2.05, 4.69) is 24.5 Å². The third-order valence-corrected chi connectivity index (χ3v) is 5.87. The molecule has 1 fully saturated rings. The minimum Gasteiger partial charge on any atom is -0.383 e. The average Bonchev–Trinajstić information content (AvgIpc) is 2.90. The number of aromatic nitrogens is 1. The zero-order chi connectivity index (χ0) is 13.7. The molecular weight excluding hydrogens is 276 g/mol. The molecule has 5 heteroatoms. The summed E-state index contributed by atoms with van der Waals surface area (Å²) in [4.78, 5) is 4.89. The van der Waals surface area contributed by atoms with Gasteiger partial charge in [0.05, 0.1) is 17.8 Å².